The molecule has 0 aliphatic carbocycles. The van der Waals surface area contributed by atoms with Crippen LogP contribution in [-0.2, 0) is 9.84 Å². The van der Waals surface area contributed by atoms with Crippen molar-refractivity contribution in [1.29, 1.82) is 0 Å². The third-order valence-electron chi connectivity index (χ3n) is 3.08. The van der Waals surface area contributed by atoms with E-state index in [2.05, 4.69) is 10.3 Å². The Balaban J connectivity index is 1.98. The Hall–Kier alpha value is -1.63. The Kier molecular flexibility index (Phi) is 2.12. The lowest BCUT2D eigenvalue weighted by Gasteiger charge is -2.19. The molecule has 3 heterocycles. The first-order valence-electron chi connectivity index (χ1n) is 5.28. The van der Waals surface area contributed by atoms with Crippen molar-refractivity contribution >= 4 is 21.7 Å². The van der Waals surface area contributed by atoms with Gasteiger partial charge in [-0.1, -0.05) is 6.07 Å². The lowest BCUT2D eigenvalue weighted by atomic mass is 10.2. The SMILES string of the molecule is O=C1N[C@H]2CS(=O)(=O)C[C@H]2N1c1ccccn1. The van der Waals surface area contributed by atoms with Crippen LogP contribution in [0, 0.1) is 0 Å². The van der Waals surface area contributed by atoms with E-state index in [1.807, 2.05) is 0 Å². The monoisotopic (exact) mass is 253 g/mol. The van der Waals surface area contributed by atoms with E-state index in [9.17, 15) is 13.2 Å². The number of nitrogens with one attached hydrogen (secondary N) is 1. The minimum Gasteiger partial charge on any atom is -0.332 e. The predicted octanol–water partition coefficient (Wildman–Crippen LogP) is -0.223. The van der Waals surface area contributed by atoms with Crippen molar-refractivity contribution in [3.63, 3.8) is 0 Å². The fraction of sp³-hybridized carbons (Fsp3) is 0.400. The van der Waals surface area contributed by atoms with Crippen molar-refractivity contribution < 1.29 is 13.2 Å². The van der Waals surface area contributed by atoms with Crippen LogP contribution in [0.25, 0.3) is 0 Å². The first kappa shape index (κ1) is 10.5. The Morgan fingerprint density at radius 2 is 2.18 bits per heavy atom. The van der Waals surface area contributed by atoms with Crippen molar-refractivity contribution in [3.8, 4) is 0 Å². The summed E-state index contributed by atoms with van der Waals surface area (Å²) >= 11 is 0. The molecular formula is C10H11N3O3S. The second-order valence-electron chi connectivity index (χ2n) is 4.26. The van der Waals surface area contributed by atoms with Gasteiger partial charge in [0.25, 0.3) is 0 Å². The molecule has 2 aliphatic heterocycles. The molecule has 0 unspecified atom stereocenters. The number of carbonyl (C=O) groups is 1. The molecule has 2 fully saturated rings. The van der Waals surface area contributed by atoms with Crippen molar-refractivity contribution in [2.24, 2.45) is 0 Å². The van der Waals surface area contributed by atoms with Gasteiger partial charge in [0, 0.05) is 6.20 Å². The molecule has 0 spiro atoms. The van der Waals surface area contributed by atoms with E-state index in [1.165, 1.54) is 4.90 Å². The molecule has 1 aromatic rings. The Morgan fingerprint density at radius 3 is 2.88 bits per heavy atom. The summed E-state index contributed by atoms with van der Waals surface area (Å²) in [5, 5.41) is 2.69. The summed E-state index contributed by atoms with van der Waals surface area (Å²) in [4.78, 5) is 17.3. The molecule has 2 saturated heterocycles. The van der Waals surface area contributed by atoms with Gasteiger partial charge in [-0.25, -0.2) is 18.2 Å². The molecule has 3 rings (SSSR count). The normalized spacial score (nSPS) is 30.1. The van der Waals surface area contributed by atoms with Gasteiger partial charge in [-0.3, -0.25) is 4.90 Å². The van der Waals surface area contributed by atoms with Gasteiger partial charge in [-0.15, -0.1) is 0 Å². The largest absolute Gasteiger partial charge is 0.332 e. The van der Waals surface area contributed by atoms with E-state index in [0.717, 1.165) is 0 Å². The maximum Gasteiger partial charge on any atom is 0.323 e. The Labute approximate surface area is 98.6 Å². The van der Waals surface area contributed by atoms with Gasteiger partial charge >= 0.3 is 6.03 Å². The van der Waals surface area contributed by atoms with Crippen molar-refractivity contribution in [3.05, 3.63) is 24.4 Å². The number of fused-ring (bicyclic) bond motifs is 1. The zero-order valence-electron chi connectivity index (χ0n) is 8.91. The van der Waals surface area contributed by atoms with Gasteiger partial charge in [-0.05, 0) is 12.1 Å². The highest BCUT2D eigenvalue weighted by molar-refractivity contribution is 7.91. The number of hydrogen-bond donors (Lipinski definition) is 1. The number of hydrogen-bond acceptors (Lipinski definition) is 4. The minimum absolute atomic E-state index is 0.00693. The summed E-state index contributed by atoms with van der Waals surface area (Å²) in [6.45, 7) is 0. The molecule has 2 amide bonds. The third-order valence-corrected chi connectivity index (χ3v) is 4.79. The van der Waals surface area contributed by atoms with E-state index in [4.69, 9.17) is 0 Å². The van der Waals surface area contributed by atoms with E-state index in [0.29, 0.717) is 5.82 Å². The zero-order valence-corrected chi connectivity index (χ0v) is 9.72. The fourth-order valence-electron chi connectivity index (χ4n) is 2.37. The summed E-state index contributed by atoms with van der Waals surface area (Å²) in [6, 6.07) is 4.31. The van der Waals surface area contributed by atoms with Crippen LogP contribution in [0.3, 0.4) is 0 Å². The fourth-order valence-corrected chi connectivity index (χ4v) is 4.26. The second-order valence-corrected chi connectivity index (χ2v) is 6.41. The number of amides is 2. The van der Waals surface area contributed by atoms with Crippen molar-refractivity contribution in [2.45, 2.75) is 12.1 Å². The van der Waals surface area contributed by atoms with Crippen molar-refractivity contribution in [1.82, 2.24) is 10.3 Å². The van der Waals surface area contributed by atoms with Crippen LogP contribution in [0.4, 0.5) is 10.6 Å². The number of rotatable bonds is 1. The topological polar surface area (TPSA) is 79.4 Å². The lowest BCUT2D eigenvalue weighted by molar-refractivity contribution is 0.251. The van der Waals surface area contributed by atoms with Gasteiger partial charge in [0.15, 0.2) is 9.84 Å². The number of carbonyl (C=O) groups excluding carboxylic acids is 1. The maximum atomic E-state index is 11.8. The number of pyridine rings is 1. The van der Waals surface area contributed by atoms with E-state index in [1.54, 1.807) is 24.4 Å². The average Bonchev–Trinajstić information content (AvgIpc) is 2.69. The summed E-state index contributed by atoms with van der Waals surface area (Å²) in [5.41, 5.74) is 0. The average molecular weight is 253 g/mol. The molecule has 7 heteroatoms. The van der Waals surface area contributed by atoms with E-state index < -0.39 is 9.84 Å². The molecule has 17 heavy (non-hydrogen) atoms. The van der Waals surface area contributed by atoms with Gasteiger partial charge in [-0.2, -0.15) is 0 Å². The van der Waals surface area contributed by atoms with Gasteiger partial charge in [0.1, 0.15) is 5.82 Å². The van der Waals surface area contributed by atoms with Crippen molar-refractivity contribution in [2.75, 3.05) is 16.4 Å². The third kappa shape index (κ3) is 1.66. The molecule has 6 nitrogen and oxygen atoms in total. The number of anilines is 1. The zero-order chi connectivity index (χ0) is 12.0. The Morgan fingerprint density at radius 1 is 1.35 bits per heavy atom. The summed E-state index contributed by atoms with van der Waals surface area (Å²) in [5.74, 6) is 0.523. The molecule has 0 aromatic carbocycles. The molecule has 0 radical (unpaired) electrons. The molecule has 1 aromatic heterocycles. The van der Waals surface area contributed by atoms with Crippen LogP contribution < -0.4 is 10.2 Å². The van der Waals surface area contributed by atoms with Crippen LogP contribution in [0.2, 0.25) is 0 Å². The number of sulfone groups is 1. The van der Waals surface area contributed by atoms with E-state index in [-0.39, 0.29) is 29.6 Å². The first-order chi connectivity index (χ1) is 8.07. The predicted molar refractivity (Wildman–Crippen MR) is 61.5 cm³/mol. The standard InChI is InChI=1S/C10H11N3O3S/c14-10-12-7-5-17(15,16)6-8(7)13(10)9-3-1-2-4-11-9/h1-4,7-8H,5-6H2,(H,12,14)/t7-,8+/m0/s1. The maximum absolute atomic E-state index is 11.8. The van der Waals surface area contributed by atoms with Gasteiger partial charge in [0.2, 0.25) is 0 Å². The van der Waals surface area contributed by atoms with Gasteiger partial charge in [0.05, 0.1) is 23.6 Å². The first-order valence-corrected chi connectivity index (χ1v) is 7.10. The smallest absolute Gasteiger partial charge is 0.323 e. The molecule has 2 aliphatic rings. The van der Waals surface area contributed by atoms with Crippen LogP contribution >= 0.6 is 0 Å². The van der Waals surface area contributed by atoms with Crippen LogP contribution in [0.15, 0.2) is 24.4 Å². The summed E-state index contributed by atoms with van der Waals surface area (Å²) < 4.78 is 23.1. The summed E-state index contributed by atoms with van der Waals surface area (Å²) in [7, 11) is -3.05. The molecule has 90 valence electrons. The molecular weight excluding hydrogens is 242 g/mol. The highest BCUT2D eigenvalue weighted by Gasteiger charge is 2.49. The van der Waals surface area contributed by atoms with Crippen LogP contribution in [0.1, 0.15) is 0 Å². The van der Waals surface area contributed by atoms with E-state index >= 15 is 0 Å². The lowest BCUT2D eigenvalue weighted by Crippen LogP contribution is -2.37. The molecule has 2 atom stereocenters. The quantitative estimate of drug-likeness (QED) is 0.702. The highest BCUT2D eigenvalue weighted by atomic mass is 32.2. The molecule has 0 saturated carbocycles. The molecule has 0 bridgehead atoms. The number of aromatic nitrogens is 1. The number of nitrogens with zero attached hydrogens (tertiary/aromatic N) is 2. The second kappa shape index (κ2) is 3.43. The van der Waals surface area contributed by atoms with Crippen LogP contribution in [-0.4, -0.2) is 43.0 Å². The highest BCUT2D eigenvalue weighted by Crippen LogP contribution is 2.27. The van der Waals surface area contributed by atoms with Gasteiger partial charge < -0.3 is 5.32 Å². The summed E-state index contributed by atoms with van der Waals surface area (Å²) in [6.07, 6.45) is 1.58. The van der Waals surface area contributed by atoms with Crippen LogP contribution in [0.5, 0.6) is 0 Å². The molecule has 1 N–H and O–H groups in total. The Bertz CT molecular complexity index is 557. The minimum atomic E-state index is -3.05. The number of urea groups is 1.